The lowest BCUT2D eigenvalue weighted by Crippen LogP contribution is -2.53. The van der Waals surface area contributed by atoms with Crippen molar-refractivity contribution < 1.29 is 27.8 Å². The van der Waals surface area contributed by atoms with Crippen molar-refractivity contribution in [3.8, 4) is 0 Å². The number of halogens is 1. The van der Waals surface area contributed by atoms with E-state index < -0.39 is 40.7 Å². The Morgan fingerprint density at radius 2 is 1.68 bits per heavy atom. The average Bonchev–Trinajstić information content (AvgIpc) is 2.98. The molecule has 1 aliphatic rings. The largest absolute Gasteiger partial charge is 0.444 e. The lowest BCUT2D eigenvalue weighted by atomic mass is 10.1. The van der Waals surface area contributed by atoms with Crippen molar-refractivity contribution in [1.82, 2.24) is 10.6 Å². The minimum atomic E-state index is -3.61. The standard InChI is InChI=1S/C23H33FN4O5S/c1-23(2,3)33-22(29)26-21(25-4)20(32-5)14-15-27-18-12-8-9-13-19(18)28(34(27,30)31)17-11-7-6-10-16(17)24/h6-13,20-21,25,30-31H,14-15H2,1-5H3,(H,26,29)/t20-,21?/m0/s1. The molecule has 11 heteroatoms. The van der Waals surface area contributed by atoms with Gasteiger partial charge in [-0.1, -0.05) is 24.3 Å². The molecule has 188 valence electrons. The van der Waals surface area contributed by atoms with Crippen LogP contribution in [0, 0.1) is 5.82 Å². The summed E-state index contributed by atoms with van der Waals surface area (Å²) >= 11 is 0. The van der Waals surface area contributed by atoms with Gasteiger partial charge in [0.1, 0.15) is 23.3 Å². The summed E-state index contributed by atoms with van der Waals surface area (Å²) in [6, 6.07) is 13.0. The van der Waals surface area contributed by atoms with Crippen LogP contribution in [0.2, 0.25) is 0 Å². The fraction of sp³-hybridized carbons (Fsp3) is 0.435. The van der Waals surface area contributed by atoms with Crippen LogP contribution in [0.5, 0.6) is 0 Å². The van der Waals surface area contributed by atoms with E-state index in [0.717, 1.165) is 0 Å². The van der Waals surface area contributed by atoms with E-state index in [1.165, 1.54) is 27.9 Å². The van der Waals surface area contributed by atoms with Crippen molar-refractivity contribution in [3.05, 3.63) is 54.3 Å². The summed E-state index contributed by atoms with van der Waals surface area (Å²) in [6.07, 6.45) is -1.41. The third-order valence-electron chi connectivity index (χ3n) is 5.26. The number of nitrogens with zero attached hydrogens (tertiary/aromatic N) is 2. The fourth-order valence-electron chi connectivity index (χ4n) is 3.78. The van der Waals surface area contributed by atoms with Crippen LogP contribution in [0.1, 0.15) is 27.2 Å². The number of ether oxygens (including phenoxy) is 2. The first-order chi connectivity index (χ1) is 16.0. The zero-order valence-electron chi connectivity index (χ0n) is 20.0. The Morgan fingerprint density at radius 1 is 1.09 bits per heavy atom. The quantitative estimate of drug-likeness (QED) is 0.385. The molecule has 0 saturated carbocycles. The Hall–Kier alpha value is -2.57. The third-order valence-corrected chi connectivity index (χ3v) is 7.11. The summed E-state index contributed by atoms with van der Waals surface area (Å²) in [4.78, 5) is 12.2. The van der Waals surface area contributed by atoms with Crippen molar-refractivity contribution >= 4 is 34.1 Å². The van der Waals surface area contributed by atoms with Gasteiger partial charge in [-0.3, -0.25) is 18.7 Å². The van der Waals surface area contributed by atoms with Crippen LogP contribution in [-0.2, 0) is 9.47 Å². The highest BCUT2D eigenvalue weighted by atomic mass is 32.3. The molecule has 34 heavy (non-hydrogen) atoms. The number of fused-ring (bicyclic) bond motifs is 1. The number of benzene rings is 2. The van der Waals surface area contributed by atoms with Gasteiger partial charge in [0.2, 0.25) is 0 Å². The van der Waals surface area contributed by atoms with E-state index in [1.54, 1.807) is 64.2 Å². The molecule has 2 aromatic rings. The number of anilines is 3. The van der Waals surface area contributed by atoms with Crippen molar-refractivity contribution in [3.63, 3.8) is 0 Å². The zero-order valence-corrected chi connectivity index (χ0v) is 20.8. The molecule has 1 amide bonds. The molecular weight excluding hydrogens is 463 g/mol. The van der Waals surface area contributed by atoms with Crippen LogP contribution in [0.15, 0.2) is 48.5 Å². The van der Waals surface area contributed by atoms with Gasteiger partial charge in [0.05, 0.1) is 17.5 Å². The number of likely N-dealkylation sites (N-methyl/N-ethyl adjacent to an activating group) is 1. The molecule has 2 aromatic carbocycles. The molecule has 9 nitrogen and oxygen atoms in total. The minimum absolute atomic E-state index is 0.0698. The second-order valence-corrected chi connectivity index (χ2v) is 10.6. The van der Waals surface area contributed by atoms with Crippen LogP contribution in [0.4, 0.5) is 26.2 Å². The molecule has 2 atom stereocenters. The molecule has 1 aliphatic heterocycles. The van der Waals surface area contributed by atoms with Crippen LogP contribution < -0.4 is 19.2 Å². The molecule has 0 aromatic heterocycles. The third kappa shape index (κ3) is 5.56. The first-order valence-corrected chi connectivity index (χ1v) is 12.3. The van der Waals surface area contributed by atoms with Crippen molar-refractivity contribution in [2.24, 2.45) is 0 Å². The normalized spacial score (nSPS) is 17.6. The molecule has 4 N–H and O–H groups in total. The number of carbonyl (C=O) groups is 1. The molecule has 1 unspecified atom stereocenters. The van der Waals surface area contributed by atoms with E-state index >= 15 is 0 Å². The van der Waals surface area contributed by atoms with Gasteiger partial charge < -0.3 is 14.8 Å². The van der Waals surface area contributed by atoms with Crippen LogP contribution in [0.3, 0.4) is 0 Å². The molecular formula is C23H33FN4O5S. The van der Waals surface area contributed by atoms with Gasteiger partial charge in [0, 0.05) is 13.7 Å². The minimum Gasteiger partial charge on any atom is -0.444 e. The van der Waals surface area contributed by atoms with E-state index in [2.05, 4.69) is 10.6 Å². The van der Waals surface area contributed by atoms with Crippen LogP contribution in [-0.4, -0.2) is 53.8 Å². The summed E-state index contributed by atoms with van der Waals surface area (Å²) in [7, 11) is -0.427. The maximum absolute atomic E-state index is 14.6. The predicted molar refractivity (Wildman–Crippen MR) is 133 cm³/mol. The van der Waals surface area contributed by atoms with E-state index in [0.29, 0.717) is 17.8 Å². The van der Waals surface area contributed by atoms with Crippen molar-refractivity contribution in [2.75, 3.05) is 29.3 Å². The lowest BCUT2D eigenvalue weighted by molar-refractivity contribution is 0.0272. The van der Waals surface area contributed by atoms with Gasteiger partial charge in [0.25, 0.3) is 0 Å². The van der Waals surface area contributed by atoms with Crippen molar-refractivity contribution in [1.29, 1.82) is 0 Å². The summed E-state index contributed by atoms with van der Waals surface area (Å²) < 4.78 is 50.7. The Labute approximate surface area is 201 Å². The summed E-state index contributed by atoms with van der Waals surface area (Å²) in [6.45, 7) is 5.47. The number of hydrogen-bond acceptors (Lipinski definition) is 8. The van der Waals surface area contributed by atoms with E-state index in [1.807, 2.05) is 0 Å². The molecule has 0 saturated heterocycles. The van der Waals surface area contributed by atoms with Gasteiger partial charge in [0.15, 0.2) is 0 Å². The van der Waals surface area contributed by atoms with E-state index in [9.17, 15) is 18.3 Å². The Balaban J connectivity index is 1.81. The lowest BCUT2D eigenvalue weighted by Gasteiger charge is -2.44. The fourth-order valence-corrected chi connectivity index (χ4v) is 5.58. The molecule has 0 radical (unpaired) electrons. The molecule has 0 aliphatic carbocycles. The van der Waals surface area contributed by atoms with Gasteiger partial charge in [-0.05, 0) is 69.5 Å². The summed E-state index contributed by atoms with van der Waals surface area (Å²) in [5, 5.41) is 5.73. The number of alkyl carbamates (subject to hydrolysis) is 1. The number of nitrogens with one attached hydrogen (secondary N) is 2. The number of methoxy groups -OCH3 is 1. The molecule has 0 bridgehead atoms. The molecule has 3 rings (SSSR count). The Kier molecular flexibility index (Phi) is 7.94. The number of amides is 1. The molecule has 0 spiro atoms. The predicted octanol–water partition coefficient (Wildman–Crippen LogP) is 4.84. The van der Waals surface area contributed by atoms with E-state index in [-0.39, 0.29) is 12.2 Å². The molecule has 1 heterocycles. The average molecular weight is 497 g/mol. The number of hydrogen-bond donors (Lipinski definition) is 4. The topological polar surface area (TPSA) is 107 Å². The Morgan fingerprint density at radius 3 is 2.24 bits per heavy atom. The van der Waals surface area contributed by atoms with Gasteiger partial charge in [-0.25, -0.2) is 13.5 Å². The number of para-hydroxylation sites is 3. The first kappa shape index (κ1) is 26.0. The van der Waals surface area contributed by atoms with Gasteiger partial charge in [-0.15, -0.1) is 0 Å². The zero-order chi connectivity index (χ0) is 25.1. The molecule has 0 fully saturated rings. The highest BCUT2D eigenvalue weighted by Crippen LogP contribution is 2.64. The smallest absolute Gasteiger partial charge is 0.408 e. The van der Waals surface area contributed by atoms with Crippen LogP contribution in [0.25, 0.3) is 0 Å². The Bertz CT molecular complexity index is 1000. The first-order valence-electron chi connectivity index (χ1n) is 10.9. The number of rotatable bonds is 8. The highest BCUT2D eigenvalue weighted by molar-refractivity contribution is 8.27. The van der Waals surface area contributed by atoms with Gasteiger partial charge >= 0.3 is 6.09 Å². The summed E-state index contributed by atoms with van der Waals surface area (Å²) in [5.74, 6) is -0.564. The van der Waals surface area contributed by atoms with E-state index in [4.69, 9.17) is 9.47 Å². The maximum atomic E-state index is 14.6. The van der Waals surface area contributed by atoms with Crippen LogP contribution >= 0.6 is 11.0 Å². The monoisotopic (exact) mass is 496 g/mol. The summed E-state index contributed by atoms with van der Waals surface area (Å²) in [5.41, 5.74) is 0.456. The second-order valence-electron chi connectivity index (χ2n) is 8.80. The van der Waals surface area contributed by atoms with Crippen molar-refractivity contribution in [2.45, 2.75) is 45.1 Å². The highest BCUT2D eigenvalue weighted by Gasteiger charge is 2.42. The maximum Gasteiger partial charge on any atom is 0.408 e. The van der Waals surface area contributed by atoms with Gasteiger partial charge in [-0.2, -0.15) is 0 Å². The number of carbonyl (C=O) groups excluding carboxylic acids is 1. The SMILES string of the molecule is CNC(NC(=O)OC(C)(C)C)[C@H](CCN1c2ccccc2N(c2ccccc2F)S1(O)O)OC. The second kappa shape index (κ2) is 10.4.